The Labute approximate surface area is 169 Å². The van der Waals surface area contributed by atoms with Gasteiger partial charge in [0, 0.05) is 12.1 Å². The highest BCUT2D eigenvalue weighted by molar-refractivity contribution is 6.10. The van der Waals surface area contributed by atoms with E-state index in [-0.39, 0.29) is 18.4 Å². The van der Waals surface area contributed by atoms with E-state index in [2.05, 4.69) is 16.7 Å². The second-order valence-corrected chi connectivity index (χ2v) is 8.23. The van der Waals surface area contributed by atoms with Gasteiger partial charge in [0.1, 0.15) is 12.1 Å². The molecule has 1 saturated heterocycles. The summed E-state index contributed by atoms with van der Waals surface area (Å²) >= 11 is 0. The molecule has 2 aromatic rings. The molecule has 5 rings (SSSR count). The minimum absolute atomic E-state index is 0.273. The van der Waals surface area contributed by atoms with Crippen molar-refractivity contribution in [2.75, 3.05) is 11.9 Å². The molecule has 0 unspecified atom stereocenters. The summed E-state index contributed by atoms with van der Waals surface area (Å²) in [5.41, 5.74) is 4.67. The van der Waals surface area contributed by atoms with Crippen molar-refractivity contribution >= 4 is 23.5 Å². The second-order valence-electron chi connectivity index (χ2n) is 8.23. The number of amides is 4. The third-order valence-electron chi connectivity index (χ3n) is 6.36. The number of aryl methyl sites for hydroxylation is 3. The molecule has 1 fully saturated rings. The average Bonchev–Trinajstić information content (AvgIpc) is 3.26. The van der Waals surface area contributed by atoms with E-state index in [0.717, 1.165) is 36.1 Å². The Morgan fingerprint density at radius 2 is 1.76 bits per heavy atom. The number of benzene rings is 2. The predicted molar refractivity (Wildman–Crippen MR) is 109 cm³/mol. The quantitative estimate of drug-likeness (QED) is 0.792. The van der Waals surface area contributed by atoms with Crippen molar-refractivity contribution in [2.24, 2.45) is 0 Å². The summed E-state index contributed by atoms with van der Waals surface area (Å²) in [5, 5.41) is 5.70. The Balaban J connectivity index is 1.29. The van der Waals surface area contributed by atoms with Gasteiger partial charge in [0.2, 0.25) is 5.91 Å². The standard InChI is InChI=1S/C23H23N3O3/c27-20(24-19-9-8-15-6-3-7-17(15)12-19)14-26-21(28)23(25-22(26)29)11-10-16-4-1-2-5-18(16)13-23/h1-2,4-5,8-9,12H,3,6-7,10-11,13-14H2,(H,24,27)(H,25,29)/t23-/m1/s1. The van der Waals surface area contributed by atoms with Crippen LogP contribution in [0.1, 0.15) is 35.1 Å². The van der Waals surface area contributed by atoms with Crippen LogP contribution in [0, 0.1) is 0 Å². The molecule has 2 N–H and O–H groups in total. The fraction of sp³-hybridized carbons (Fsp3) is 0.348. The lowest BCUT2D eigenvalue weighted by molar-refractivity contribution is -0.134. The molecular formula is C23H23N3O3. The zero-order valence-electron chi connectivity index (χ0n) is 16.2. The number of rotatable bonds is 3. The highest BCUT2D eigenvalue weighted by Crippen LogP contribution is 2.33. The van der Waals surface area contributed by atoms with Gasteiger partial charge in [-0.3, -0.25) is 14.5 Å². The van der Waals surface area contributed by atoms with Gasteiger partial charge in [-0.05, 0) is 66.5 Å². The molecule has 0 aromatic heterocycles. The van der Waals surface area contributed by atoms with Gasteiger partial charge in [0.25, 0.3) is 5.91 Å². The molecule has 4 amide bonds. The maximum atomic E-state index is 13.1. The number of anilines is 1. The first kappa shape index (κ1) is 17.9. The van der Waals surface area contributed by atoms with E-state index in [9.17, 15) is 14.4 Å². The van der Waals surface area contributed by atoms with Crippen LogP contribution in [-0.2, 0) is 35.3 Å². The number of nitrogens with one attached hydrogen (secondary N) is 2. The van der Waals surface area contributed by atoms with Gasteiger partial charge in [0.15, 0.2) is 0 Å². The normalized spacial score (nSPS) is 22.4. The van der Waals surface area contributed by atoms with Crippen molar-refractivity contribution in [3.05, 3.63) is 64.7 Å². The zero-order valence-corrected chi connectivity index (χ0v) is 16.2. The summed E-state index contributed by atoms with van der Waals surface area (Å²) in [6.07, 6.45) is 5.00. The van der Waals surface area contributed by atoms with Crippen LogP contribution in [0.15, 0.2) is 42.5 Å². The third kappa shape index (κ3) is 3.09. The average molecular weight is 389 g/mol. The lowest BCUT2D eigenvalue weighted by Crippen LogP contribution is -2.51. The van der Waals surface area contributed by atoms with E-state index in [1.807, 2.05) is 36.4 Å². The molecule has 1 aliphatic heterocycles. The van der Waals surface area contributed by atoms with Gasteiger partial charge in [-0.2, -0.15) is 0 Å². The fourth-order valence-electron chi connectivity index (χ4n) is 4.84. The monoisotopic (exact) mass is 389 g/mol. The molecule has 29 heavy (non-hydrogen) atoms. The number of carbonyl (C=O) groups excluding carboxylic acids is 3. The summed E-state index contributed by atoms with van der Waals surface area (Å²) in [5.74, 6) is -0.666. The lowest BCUT2D eigenvalue weighted by Gasteiger charge is -2.32. The summed E-state index contributed by atoms with van der Waals surface area (Å²) in [7, 11) is 0. The van der Waals surface area contributed by atoms with Crippen molar-refractivity contribution in [3.8, 4) is 0 Å². The SMILES string of the molecule is O=C(CN1C(=O)N[C@@]2(CCc3ccccc3C2)C1=O)Nc1ccc2c(c1)CCC2. The Hall–Kier alpha value is -3.15. The van der Waals surface area contributed by atoms with Crippen molar-refractivity contribution in [2.45, 2.75) is 44.1 Å². The maximum Gasteiger partial charge on any atom is 0.325 e. The number of hydrogen-bond donors (Lipinski definition) is 2. The van der Waals surface area contributed by atoms with Gasteiger partial charge in [-0.1, -0.05) is 30.3 Å². The van der Waals surface area contributed by atoms with E-state index in [4.69, 9.17) is 0 Å². The largest absolute Gasteiger partial charge is 0.325 e. The molecular weight excluding hydrogens is 366 g/mol. The van der Waals surface area contributed by atoms with E-state index in [1.165, 1.54) is 16.7 Å². The molecule has 0 bridgehead atoms. The van der Waals surface area contributed by atoms with E-state index in [0.29, 0.717) is 18.5 Å². The van der Waals surface area contributed by atoms with E-state index < -0.39 is 11.6 Å². The first-order chi connectivity index (χ1) is 14.0. The highest BCUT2D eigenvalue weighted by atomic mass is 16.2. The molecule has 3 aliphatic rings. The van der Waals surface area contributed by atoms with Gasteiger partial charge < -0.3 is 10.6 Å². The molecule has 148 valence electrons. The number of imide groups is 1. The number of hydrogen-bond acceptors (Lipinski definition) is 3. The smallest absolute Gasteiger partial charge is 0.325 e. The molecule has 2 aromatic carbocycles. The first-order valence-corrected chi connectivity index (χ1v) is 10.2. The molecule has 6 nitrogen and oxygen atoms in total. The lowest BCUT2D eigenvalue weighted by atomic mass is 9.78. The number of carbonyl (C=O) groups is 3. The Morgan fingerprint density at radius 1 is 1.00 bits per heavy atom. The van der Waals surface area contributed by atoms with Crippen molar-refractivity contribution < 1.29 is 14.4 Å². The van der Waals surface area contributed by atoms with Crippen molar-refractivity contribution in [1.29, 1.82) is 0 Å². The van der Waals surface area contributed by atoms with Gasteiger partial charge >= 0.3 is 6.03 Å². The highest BCUT2D eigenvalue weighted by Gasteiger charge is 2.52. The number of fused-ring (bicyclic) bond motifs is 2. The topological polar surface area (TPSA) is 78.5 Å². The second kappa shape index (κ2) is 6.72. The minimum Gasteiger partial charge on any atom is -0.325 e. The third-order valence-corrected chi connectivity index (χ3v) is 6.36. The molecule has 0 radical (unpaired) electrons. The summed E-state index contributed by atoms with van der Waals surface area (Å²) < 4.78 is 0. The van der Waals surface area contributed by atoms with Crippen LogP contribution in [0.25, 0.3) is 0 Å². The molecule has 1 spiro atoms. The Kier molecular flexibility index (Phi) is 4.15. The molecule has 2 aliphatic carbocycles. The first-order valence-electron chi connectivity index (χ1n) is 10.2. The Morgan fingerprint density at radius 3 is 2.62 bits per heavy atom. The predicted octanol–water partition coefficient (Wildman–Crippen LogP) is 2.59. The fourth-order valence-corrected chi connectivity index (χ4v) is 4.84. The van der Waals surface area contributed by atoms with Crippen LogP contribution < -0.4 is 10.6 Å². The van der Waals surface area contributed by atoms with Crippen molar-refractivity contribution in [3.63, 3.8) is 0 Å². The van der Waals surface area contributed by atoms with E-state index >= 15 is 0 Å². The Bertz CT molecular complexity index is 1030. The van der Waals surface area contributed by atoms with Gasteiger partial charge in [0.05, 0.1) is 0 Å². The summed E-state index contributed by atoms with van der Waals surface area (Å²) in [6.45, 7) is -0.273. The van der Waals surface area contributed by atoms with Crippen LogP contribution in [0.5, 0.6) is 0 Å². The maximum absolute atomic E-state index is 13.1. The number of urea groups is 1. The van der Waals surface area contributed by atoms with Crippen molar-refractivity contribution in [1.82, 2.24) is 10.2 Å². The summed E-state index contributed by atoms with van der Waals surface area (Å²) in [6, 6.07) is 13.4. The van der Waals surface area contributed by atoms with Crippen LogP contribution in [0.2, 0.25) is 0 Å². The van der Waals surface area contributed by atoms with Gasteiger partial charge in [-0.15, -0.1) is 0 Å². The van der Waals surface area contributed by atoms with Crippen LogP contribution in [0.3, 0.4) is 0 Å². The van der Waals surface area contributed by atoms with Crippen LogP contribution in [0.4, 0.5) is 10.5 Å². The number of nitrogens with zero attached hydrogens (tertiary/aromatic N) is 1. The molecule has 6 heteroatoms. The van der Waals surface area contributed by atoms with Crippen LogP contribution in [-0.4, -0.2) is 34.8 Å². The molecule has 1 heterocycles. The zero-order chi connectivity index (χ0) is 20.0. The summed E-state index contributed by atoms with van der Waals surface area (Å²) in [4.78, 5) is 39.2. The van der Waals surface area contributed by atoms with E-state index in [1.54, 1.807) is 0 Å². The minimum atomic E-state index is -0.931. The molecule has 0 saturated carbocycles. The molecule has 1 atom stereocenters. The van der Waals surface area contributed by atoms with Gasteiger partial charge in [-0.25, -0.2) is 4.79 Å². The van der Waals surface area contributed by atoms with Crippen LogP contribution >= 0.6 is 0 Å².